The maximum Gasteiger partial charge on any atom is 0.220 e. The maximum atomic E-state index is 13.3. The van der Waals surface area contributed by atoms with Gasteiger partial charge in [-0.3, -0.25) is 4.79 Å². The van der Waals surface area contributed by atoms with E-state index >= 15 is 0 Å². The zero-order valence-corrected chi connectivity index (χ0v) is 23.7. The summed E-state index contributed by atoms with van der Waals surface area (Å²) < 4.78 is 10.7. The van der Waals surface area contributed by atoms with Crippen molar-refractivity contribution >= 4 is 22.4 Å². The van der Waals surface area contributed by atoms with Crippen LogP contribution in [0.3, 0.4) is 0 Å². The second kappa shape index (κ2) is 11.6. The van der Waals surface area contributed by atoms with Crippen LogP contribution in [0.25, 0.3) is 0 Å². The zero-order chi connectivity index (χ0) is 27.5. The van der Waals surface area contributed by atoms with Crippen LogP contribution in [-0.4, -0.2) is 61.1 Å². The Morgan fingerprint density at radius 1 is 1.29 bits per heavy atom. The summed E-state index contributed by atoms with van der Waals surface area (Å²) in [7, 11) is 3.22. The summed E-state index contributed by atoms with van der Waals surface area (Å²) in [4.78, 5) is 19.4. The standard InChI is InChI=1S/C29H41N3O5S/c1-6-12-31-27-32-26-19(15-25(35)30-13-10-18-7-8-20(36-4)21(14-18)37-5)28(2)11-9-24(34)29(3,17-33)23(28)16-22(26)38-27/h6-8,14,19,23-24,33-34H,1,9-13,15-17H2,2-5H3,(H,30,35)(H,31,32). The van der Waals surface area contributed by atoms with Crippen LogP contribution in [0.4, 0.5) is 5.13 Å². The Morgan fingerprint density at radius 2 is 2.05 bits per heavy atom. The summed E-state index contributed by atoms with van der Waals surface area (Å²) in [5.41, 5.74) is 1.12. The van der Waals surface area contributed by atoms with E-state index in [1.54, 1.807) is 31.6 Å². The van der Waals surface area contributed by atoms with Gasteiger partial charge in [-0.05, 0) is 54.7 Å². The van der Waals surface area contributed by atoms with Crippen LogP contribution in [0.1, 0.15) is 55.2 Å². The fourth-order valence-electron chi connectivity index (χ4n) is 6.52. The minimum absolute atomic E-state index is 0.0197. The van der Waals surface area contributed by atoms with E-state index in [4.69, 9.17) is 14.5 Å². The molecule has 2 aromatic rings. The van der Waals surface area contributed by atoms with Gasteiger partial charge in [-0.1, -0.05) is 26.0 Å². The third-order valence-corrected chi connectivity index (χ3v) is 9.92. The molecule has 1 heterocycles. The van der Waals surface area contributed by atoms with Crippen LogP contribution < -0.4 is 20.1 Å². The number of methoxy groups -OCH3 is 2. The summed E-state index contributed by atoms with van der Waals surface area (Å²) in [6, 6.07) is 5.78. The summed E-state index contributed by atoms with van der Waals surface area (Å²) in [5, 5.41) is 28.6. The number of hydrogen-bond donors (Lipinski definition) is 4. The topological polar surface area (TPSA) is 113 Å². The van der Waals surface area contributed by atoms with Gasteiger partial charge in [-0.2, -0.15) is 0 Å². The smallest absolute Gasteiger partial charge is 0.220 e. The number of nitrogens with zero attached hydrogens (tertiary/aromatic N) is 1. The monoisotopic (exact) mass is 543 g/mol. The molecule has 5 unspecified atom stereocenters. The predicted molar refractivity (Wildman–Crippen MR) is 150 cm³/mol. The van der Waals surface area contributed by atoms with E-state index in [0.29, 0.717) is 43.9 Å². The molecule has 1 aromatic heterocycles. The van der Waals surface area contributed by atoms with Gasteiger partial charge in [0.2, 0.25) is 5.91 Å². The van der Waals surface area contributed by atoms with Crippen molar-refractivity contribution in [2.45, 2.75) is 58.0 Å². The van der Waals surface area contributed by atoms with E-state index in [9.17, 15) is 15.0 Å². The number of benzene rings is 1. The van der Waals surface area contributed by atoms with Crippen LogP contribution in [0.5, 0.6) is 11.5 Å². The first-order valence-electron chi connectivity index (χ1n) is 13.3. The number of aromatic nitrogens is 1. The molecule has 0 spiro atoms. The van der Waals surface area contributed by atoms with Gasteiger partial charge in [0, 0.05) is 35.7 Å². The zero-order valence-electron chi connectivity index (χ0n) is 22.9. The first-order valence-corrected chi connectivity index (χ1v) is 14.1. The lowest BCUT2D eigenvalue weighted by Crippen LogP contribution is -2.57. The highest BCUT2D eigenvalue weighted by Gasteiger charge is 2.59. The van der Waals surface area contributed by atoms with Crippen LogP contribution >= 0.6 is 11.3 Å². The minimum Gasteiger partial charge on any atom is -0.493 e. The lowest BCUT2D eigenvalue weighted by Gasteiger charge is -2.58. The van der Waals surface area contributed by atoms with Crippen LogP contribution in [0.15, 0.2) is 30.9 Å². The first-order chi connectivity index (χ1) is 18.2. The Kier molecular flexibility index (Phi) is 8.69. The van der Waals surface area contributed by atoms with E-state index in [1.165, 1.54) is 0 Å². The van der Waals surface area contributed by atoms with Crippen molar-refractivity contribution in [3.8, 4) is 11.5 Å². The van der Waals surface area contributed by atoms with E-state index in [-0.39, 0.29) is 29.8 Å². The fourth-order valence-corrected chi connectivity index (χ4v) is 7.60. The van der Waals surface area contributed by atoms with Crippen LogP contribution in [-0.2, 0) is 17.6 Å². The first kappa shape index (κ1) is 28.4. The molecule has 2 aliphatic rings. The number of hydrogen-bond acceptors (Lipinski definition) is 8. The molecule has 1 fully saturated rings. The molecule has 9 heteroatoms. The number of rotatable bonds is 11. The van der Waals surface area contributed by atoms with Gasteiger partial charge >= 0.3 is 0 Å². The molecule has 2 aliphatic carbocycles. The molecule has 1 saturated carbocycles. The predicted octanol–water partition coefficient (Wildman–Crippen LogP) is 3.92. The molecular formula is C29H41N3O5S. The summed E-state index contributed by atoms with van der Waals surface area (Å²) in [6.45, 7) is 9.02. The largest absolute Gasteiger partial charge is 0.493 e. The van der Waals surface area contributed by atoms with E-state index in [0.717, 1.165) is 34.1 Å². The van der Waals surface area contributed by atoms with Gasteiger partial charge in [-0.15, -0.1) is 17.9 Å². The number of nitrogens with one attached hydrogen (secondary N) is 2. The van der Waals surface area contributed by atoms with Gasteiger partial charge < -0.3 is 30.3 Å². The second-order valence-corrected chi connectivity index (χ2v) is 12.1. The van der Waals surface area contributed by atoms with Crippen LogP contribution in [0.2, 0.25) is 0 Å². The number of ether oxygens (including phenoxy) is 2. The average molecular weight is 544 g/mol. The molecule has 38 heavy (non-hydrogen) atoms. The molecule has 208 valence electrons. The van der Waals surface area contributed by atoms with Gasteiger partial charge in [-0.25, -0.2) is 4.98 Å². The average Bonchev–Trinajstić information content (AvgIpc) is 3.33. The quantitative estimate of drug-likeness (QED) is 0.318. The minimum atomic E-state index is -0.633. The molecule has 5 atom stereocenters. The third-order valence-electron chi connectivity index (χ3n) is 8.86. The number of aliphatic hydroxyl groups excluding tert-OH is 2. The van der Waals surface area contributed by atoms with Crippen molar-refractivity contribution in [1.82, 2.24) is 10.3 Å². The van der Waals surface area contributed by atoms with Crippen molar-refractivity contribution in [3.05, 3.63) is 47.0 Å². The van der Waals surface area contributed by atoms with E-state index in [1.807, 2.05) is 25.1 Å². The van der Waals surface area contributed by atoms with E-state index < -0.39 is 11.5 Å². The van der Waals surface area contributed by atoms with E-state index in [2.05, 4.69) is 24.1 Å². The summed E-state index contributed by atoms with van der Waals surface area (Å²) >= 11 is 1.61. The molecule has 8 nitrogen and oxygen atoms in total. The molecule has 1 amide bonds. The highest BCUT2D eigenvalue weighted by atomic mass is 32.1. The highest BCUT2D eigenvalue weighted by molar-refractivity contribution is 7.15. The highest BCUT2D eigenvalue weighted by Crippen LogP contribution is 2.62. The number of carbonyl (C=O) groups excluding carboxylic acids is 1. The molecule has 4 N–H and O–H groups in total. The number of carbonyl (C=O) groups is 1. The Hall–Kier alpha value is -2.62. The Labute approximate surface area is 229 Å². The molecule has 0 bridgehead atoms. The van der Waals surface area contributed by atoms with Crippen molar-refractivity contribution in [2.75, 3.05) is 39.2 Å². The number of thiazole rings is 1. The lowest BCUT2D eigenvalue weighted by molar-refractivity contribution is -0.144. The second-order valence-electron chi connectivity index (χ2n) is 11.0. The summed E-state index contributed by atoms with van der Waals surface area (Å²) in [5.74, 6) is 1.25. The molecule has 1 aromatic carbocycles. The number of anilines is 1. The molecule has 0 radical (unpaired) electrons. The van der Waals surface area contributed by atoms with Crippen molar-refractivity contribution in [2.24, 2.45) is 16.7 Å². The number of fused-ring (bicyclic) bond motifs is 2. The lowest BCUT2D eigenvalue weighted by atomic mass is 9.47. The Morgan fingerprint density at radius 3 is 2.74 bits per heavy atom. The van der Waals surface area contributed by atoms with Crippen molar-refractivity contribution < 1.29 is 24.5 Å². The number of aliphatic hydroxyl groups is 2. The van der Waals surface area contributed by atoms with Crippen molar-refractivity contribution in [3.63, 3.8) is 0 Å². The van der Waals surface area contributed by atoms with Gasteiger partial charge in [0.1, 0.15) is 0 Å². The molecule has 4 rings (SSSR count). The van der Waals surface area contributed by atoms with Crippen LogP contribution in [0, 0.1) is 16.7 Å². The van der Waals surface area contributed by atoms with Gasteiger partial charge in [0.05, 0.1) is 32.6 Å². The Balaban J connectivity index is 1.53. The SMILES string of the molecule is C=CCNc1nc2c(s1)CC1C(C)(CO)C(O)CCC1(C)C2CC(=O)NCCc1ccc(OC)c(OC)c1. The third kappa shape index (κ3) is 5.28. The Bertz CT molecular complexity index is 1150. The van der Waals surface area contributed by atoms with Gasteiger partial charge in [0.15, 0.2) is 16.6 Å². The molecule has 0 saturated heterocycles. The molecular weight excluding hydrogens is 502 g/mol. The number of amides is 1. The maximum absolute atomic E-state index is 13.3. The summed E-state index contributed by atoms with van der Waals surface area (Å²) in [6.07, 6.45) is 4.33. The van der Waals surface area contributed by atoms with Crippen molar-refractivity contribution in [1.29, 1.82) is 0 Å². The van der Waals surface area contributed by atoms with Gasteiger partial charge in [0.25, 0.3) is 0 Å². The normalized spacial score (nSPS) is 28.1. The fraction of sp³-hybridized carbons (Fsp3) is 0.586. The molecule has 0 aliphatic heterocycles.